The third-order valence-electron chi connectivity index (χ3n) is 5.69. The molecule has 6 nitrogen and oxygen atoms in total. The fourth-order valence-electron chi connectivity index (χ4n) is 4.01. The van der Waals surface area contributed by atoms with Gasteiger partial charge in [0.2, 0.25) is 0 Å². The molecule has 7 heteroatoms. The van der Waals surface area contributed by atoms with Crippen LogP contribution in [0, 0.1) is 0 Å². The van der Waals surface area contributed by atoms with Gasteiger partial charge in [0.1, 0.15) is 5.75 Å². The molecule has 5 rings (SSSR count). The lowest BCUT2D eigenvalue weighted by Crippen LogP contribution is -2.21. The second-order valence-corrected chi connectivity index (χ2v) is 8.91. The number of nitrogens with one attached hydrogen (secondary N) is 1. The number of carbonyl (C=O) groups excluding carboxylic acids is 1. The Hall–Kier alpha value is -3.32. The lowest BCUT2D eigenvalue weighted by molar-refractivity contribution is -0.115. The van der Waals surface area contributed by atoms with Crippen molar-refractivity contribution < 1.29 is 9.53 Å². The number of hydrogen-bond donors (Lipinski definition) is 1. The maximum atomic E-state index is 12.6. The lowest BCUT2D eigenvalue weighted by atomic mass is 10.1. The van der Waals surface area contributed by atoms with Gasteiger partial charge >= 0.3 is 0 Å². The van der Waals surface area contributed by atoms with Crippen molar-refractivity contribution >= 4 is 28.9 Å². The van der Waals surface area contributed by atoms with E-state index in [0.29, 0.717) is 16.1 Å². The standard InChI is InChI=1S/C25H24N4O2S/c1-31-21-13-11-17(12-14-21)23-18(16-29(28-23)20-9-3-2-4-10-20)15-22-24(30)27-25(32-22)26-19-7-5-6-8-19/h2-4,9-16,19H,5-8H2,1H3,(H,26,27,30)/b22-15-. The monoisotopic (exact) mass is 444 g/mol. The summed E-state index contributed by atoms with van der Waals surface area (Å²) in [6, 6.07) is 18.1. The first-order valence-corrected chi connectivity index (χ1v) is 11.6. The van der Waals surface area contributed by atoms with Crippen molar-refractivity contribution in [2.24, 2.45) is 4.99 Å². The summed E-state index contributed by atoms with van der Waals surface area (Å²) in [5.74, 6) is 0.675. The Morgan fingerprint density at radius 2 is 1.88 bits per heavy atom. The molecule has 0 bridgehead atoms. The minimum atomic E-state index is -0.111. The van der Waals surface area contributed by atoms with Gasteiger partial charge in [0, 0.05) is 17.3 Å². The molecule has 3 aromatic rings. The molecule has 1 saturated heterocycles. The van der Waals surface area contributed by atoms with Gasteiger partial charge in [-0.05, 0) is 67.1 Å². The van der Waals surface area contributed by atoms with Crippen LogP contribution in [0.15, 0.2) is 70.7 Å². The minimum Gasteiger partial charge on any atom is -0.497 e. The number of amides is 1. The number of aliphatic imine (C=N–C) groups is 1. The van der Waals surface area contributed by atoms with Gasteiger partial charge in [0.05, 0.1) is 29.4 Å². The van der Waals surface area contributed by atoms with Crippen LogP contribution >= 0.6 is 11.8 Å². The molecular formula is C25H24N4O2S. The summed E-state index contributed by atoms with van der Waals surface area (Å²) in [5, 5.41) is 8.46. The molecule has 2 aromatic carbocycles. The molecule has 1 N–H and O–H groups in total. The van der Waals surface area contributed by atoms with Crippen molar-refractivity contribution in [3.63, 3.8) is 0 Å². The van der Waals surface area contributed by atoms with E-state index in [1.165, 1.54) is 24.6 Å². The van der Waals surface area contributed by atoms with E-state index >= 15 is 0 Å². The van der Waals surface area contributed by atoms with Gasteiger partial charge in [0.25, 0.3) is 5.91 Å². The molecule has 1 saturated carbocycles. The molecule has 0 unspecified atom stereocenters. The second-order valence-electron chi connectivity index (χ2n) is 7.88. The highest BCUT2D eigenvalue weighted by atomic mass is 32.2. The van der Waals surface area contributed by atoms with Crippen LogP contribution in [0.2, 0.25) is 0 Å². The molecule has 0 atom stereocenters. The molecule has 2 fully saturated rings. The zero-order valence-corrected chi connectivity index (χ0v) is 18.6. The summed E-state index contributed by atoms with van der Waals surface area (Å²) in [7, 11) is 1.65. The maximum absolute atomic E-state index is 12.6. The van der Waals surface area contributed by atoms with Gasteiger partial charge in [-0.2, -0.15) is 5.10 Å². The first-order chi connectivity index (χ1) is 15.7. The third-order valence-corrected chi connectivity index (χ3v) is 6.61. The van der Waals surface area contributed by atoms with Crippen molar-refractivity contribution in [2.75, 3.05) is 7.11 Å². The van der Waals surface area contributed by atoms with Crippen LogP contribution in [0.1, 0.15) is 31.2 Å². The number of para-hydroxylation sites is 1. The third kappa shape index (κ3) is 4.34. The maximum Gasteiger partial charge on any atom is 0.264 e. The van der Waals surface area contributed by atoms with Gasteiger partial charge in [-0.1, -0.05) is 31.0 Å². The molecular weight excluding hydrogens is 420 g/mol. The van der Waals surface area contributed by atoms with E-state index in [-0.39, 0.29) is 5.91 Å². The molecule has 1 aromatic heterocycles. The number of benzene rings is 2. The number of ether oxygens (including phenoxy) is 1. The van der Waals surface area contributed by atoms with Gasteiger partial charge < -0.3 is 10.1 Å². The van der Waals surface area contributed by atoms with Crippen molar-refractivity contribution in [3.8, 4) is 22.7 Å². The van der Waals surface area contributed by atoms with Crippen LogP contribution < -0.4 is 10.1 Å². The Morgan fingerprint density at radius 1 is 1.12 bits per heavy atom. The number of carbonyl (C=O) groups is 1. The predicted octanol–water partition coefficient (Wildman–Crippen LogP) is 5.05. The van der Waals surface area contributed by atoms with Crippen molar-refractivity contribution in [1.82, 2.24) is 15.1 Å². The summed E-state index contributed by atoms with van der Waals surface area (Å²) in [5.41, 5.74) is 3.59. The topological polar surface area (TPSA) is 68.5 Å². The molecule has 1 aliphatic heterocycles. The number of rotatable bonds is 5. The number of nitrogens with zero attached hydrogens (tertiary/aromatic N) is 3. The molecule has 0 radical (unpaired) electrons. The first kappa shape index (κ1) is 20.6. The van der Waals surface area contributed by atoms with Crippen molar-refractivity contribution in [3.05, 3.63) is 71.3 Å². The summed E-state index contributed by atoms with van der Waals surface area (Å²) in [4.78, 5) is 18.0. The molecule has 1 amide bonds. The molecule has 162 valence electrons. The molecule has 1 aliphatic carbocycles. The molecule has 2 aliphatic rings. The second kappa shape index (κ2) is 9.04. The van der Waals surface area contributed by atoms with Crippen LogP contribution in [-0.4, -0.2) is 34.0 Å². The highest BCUT2D eigenvalue weighted by molar-refractivity contribution is 8.18. The Kier molecular flexibility index (Phi) is 5.81. The normalized spacial score (nSPS) is 19.1. The van der Waals surface area contributed by atoms with E-state index < -0.39 is 0 Å². The highest BCUT2D eigenvalue weighted by Gasteiger charge is 2.26. The quantitative estimate of drug-likeness (QED) is 0.559. The van der Waals surface area contributed by atoms with Crippen LogP contribution in [0.5, 0.6) is 5.75 Å². The average Bonchev–Trinajstić information content (AvgIpc) is 3.56. The summed E-state index contributed by atoms with van der Waals surface area (Å²) < 4.78 is 7.14. The zero-order valence-electron chi connectivity index (χ0n) is 17.8. The van der Waals surface area contributed by atoms with E-state index in [2.05, 4.69) is 5.32 Å². The van der Waals surface area contributed by atoms with Crippen molar-refractivity contribution in [1.29, 1.82) is 0 Å². The number of hydrogen-bond acceptors (Lipinski definition) is 5. The zero-order chi connectivity index (χ0) is 21.9. The van der Waals surface area contributed by atoms with E-state index in [0.717, 1.165) is 41.1 Å². The lowest BCUT2D eigenvalue weighted by Gasteiger charge is -2.03. The van der Waals surface area contributed by atoms with Crippen LogP contribution in [0.25, 0.3) is 23.0 Å². The van der Waals surface area contributed by atoms with Crippen LogP contribution in [-0.2, 0) is 4.79 Å². The van der Waals surface area contributed by atoms with Crippen LogP contribution in [0.3, 0.4) is 0 Å². The SMILES string of the molecule is COc1ccc(-c2nn(-c3ccccc3)cc2/C=C2\SC(=NC3CCCC3)NC2=O)cc1. The molecule has 2 heterocycles. The fraction of sp³-hybridized carbons (Fsp3) is 0.240. The Labute approximate surface area is 191 Å². The Morgan fingerprint density at radius 3 is 2.59 bits per heavy atom. The summed E-state index contributed by atoms with van der Waals surface area (Å²) in [6.07, 6.45) is 8.50. The number of amidine groups is 1. The number of methoxy groups -OCH3 is 1. The fourth-order valence-corrected chi connectivity index (χ4v) is 4.89. The largest absolute Gasteiger partial charge is 0.497 e. The van der Waals surface area contributed by atoms with E-state index in [4.69, 9.17) is 14.8 Å². The number of aromatic nitrogens is 2. The predicted molar refractivity (Wildman–Crippen MR) is 129 cm³/mol. The minimum absolute atomic E-state index is 0.111. The Balaban J connectivity index is 1.51. The molecule has 32 heavy (non-hydrogen) atoms. The summed E-state index contributed by atoms with van der Waals surface area (Å²) in [6.45, 7) is 0. The Bertz CT molecular complexity index is 1180. The van der Waals surface area contributed by atoms with Gasteiger partial charge in [0.15, 0.2) is 5.17 Å². The van der Waals surface area contributed by atoms with Gasteiger partial charge in [-0.15, -0.1) is 0 Å². The van der Waals surface area contributed by atoms with E-state index in [1.54, 1.807) is 7.11 Å². The van der Waals surface area contributed by atoms with Crippen molar-refractivity contribution in [2.45, 2.75) is 31.7 Å². The van der Waals surface area contributed by atoms with E-state index in [1.807, 2.05) is 71.6 Å². The smallest absolute Gasteiger partial charge is 0.264 e. The highest BCUT2D eigenvalue weighted by Crippen LogP contribution is 2.32. The van der Waals surface area contributed by atoms with Gasteiger partial charge in [-0.3, -0.25) is 9.79 Å². The summed E-state index contributed by atoms with van der Waals surface area (Å²) >= 11 is 1.41. The van der Waals surface area contributed by atoms with Crippen LogP contribution in [0.4, 0.5) is 0 Å². The van der Waals surface area contributed by atoms with E-state index in [9.17, 15) is 4.79 Å². The number of thioether (sulfide) groups is 1. The van der Waals surface area contributed by atoms with Gasteiger partial charge in [-0.25, -0.2) is 4.68 Å². The molecule has 0 spiro atoms. The average molecular weight is 445 g/mol. The first-order valence-electron chi connectivity index (χ1n) is 10.8.